The monoisotopic (exact) mass is 511 g/mol. The zero-order valence-electron chi connectivity index (χ0n) is 15.8. The van der Waals surface area contributed by atoms with Crippen molar-refractivity contribution in [3.8, 4) is 5.75 Å². The molecule has 28 heavy (non-hydrogen) atoms. The van der Waals surface area contributed by atoms with E-state index in [1.807, 2.05) is 24.0 Å². The number of aliphatic imine (C=N–C) groups is 1. The molecule has 2 rings (SSSR count). The van der Waals surface area contributed by atoms with Crippen LogP contribution in [0.5, 0.6) is 5.75 Å². The first kappa shape index (κ1) is 24.1. The lowest BCUT2D eigenvalue weighted by Gasteiger charge is -2.13. The average molecular weight is 511 g/mol. The van der Waals surface area contributed by atoms with Crippen LogP contribution in [-0.2, 0) is 13.1 Å². The molecule has 0 saturated heterocycles. The third-order valence-corrected chi connectivity index (χ3v) is 3.63. The molecule has 0 radical (unpaired) electrons. The van der Waals surface area contributed by atoms with Crippen molar-refractivity contribution < 1.29 is 17.9 Å². The lowest BCUT2D eigenvalue weighted by atomic mass is 10.2. The van der Waals surface area contributed by atoms with Crippen molar-refractivity contribution in [2.45, 2.75) is 32.6 Å². The van der Waals surface area contributed by atoms with Crippen LogP contribution in [0.2, 0.25) is 0 Å². The van der Waals surface area contributed by atoms with Gasteiger partial charge in [-0.1, -0.05) is 12.1 Å². The van der Waals surface area contributed by atoms with Crippen LogP contribution in [0.4, 0.5) is 13.2 Å². The fourth-order valence-corrected chi connectivity index (χ4v) is 2.31. The van der Waals surface area contributed by atoms with Crippen molar-refractivity contribution in [3.05, 3.63) is 47.8 Å². The fraction of sp³-hybridized carbons (Fsp3) is 0.444. The zero-order valence-corrected chi connectivity index (χ0v) is 18.1. The first-order chi connectivity index (χ1) is 12.9. The van der Waals surface area contributed by atoms with Gasteiger partial charge in [0.1, 0.15) is 5.75 Å². The largest absolute Gasteiger partial charge is 0.484 e. The standard InChI is InChI=1S/C18H24F3N5O.HI/c1-14-10-25-26(12-14)9-3-8-23-17(22-2)24-11-15-4-6-16(7-5-15)27-13-18(19,20)21;/h4-7,10,12H,3,8-9,11,13H2,1-2H3,(H2,22,23,24);1H. The van der Waals surface area contributed by atoms with Gasteiger partial charge in [-0.3, -0.25) is 9.67 Å². The normalized spacial score (nSPS) is 11.7. The number of ether oxygens (including phenoxy) is 1. The second-order valence-electron chi connectivity index (χ2n) is 6.03. The van der Waals surface area contributed by atoms with Gasteiger partial charge >= 0.3 is 6.18 Å². The van der Waals surface area contributed by atoms with E-state index in [4.69, 9.17) is 0 Å². The molecule has 0 fully saturated rings. The lowest BCUT2D eigenvalue weighted by Crippen LogP contribution is -2.37. The Hall–Kier alpha value is -1.98. The van der Waals surface area contributed by atoms with Crippen LogP contribution in [0.1, 0.15) is 17.5 Å². The SMILES string of the molecule is CN=C(NCCCn1cc(C)cn1)NCc1ccc(OCC(F)(F)F)cc1.I. The van der Waals surface area contributed by atoms with Gasteiger partial charge in [-0.15, -0.1) is 24.0 Å². The first-order valence-electron chi connectivity index (χ1n) is 8.58. The van der Waals surface area contributed by atoms with E-state index in [9.17, 15) is 13.2 Å². The zero-order chi connectivity index (χ0) is 19.7. The summed E-state index contributed by atoms with van der Waals surface area (Å²) >= 11 is 0. The molecule has 6 nitrogen and oxygen atoms in total. The summed E-state index contributed by atoms with van der Waals surface area (Å²) in [5, 5.41) is 10.6. The summed E-state index contributed by atoms with van der Waals surface area (Å²) < 4.78 is 43.0. The maximum atomic E-state index is 12.1. The van der Waals surface area contributed by atoms with Crippen molar-refractivity contribution in [2.75, 3.05) is 20.2 Å². The first-order valence-corrected chi connectivity index (χ1v) is 8.58. The molecular weight excluding hydrogens is 486 g/mol. The maximum absolute atomic E-state index is 12.1. The number of nitrogens with zero attached hydrogens (tertiary/aromatic N) is 3. The van der Waals surface area contributed by atoms with Gasteiger partial charge < -0.3 is 15.4 Å². The van der Waals surface area contributed by atoms with E-state index in [1.165, 1.54) is 12.1 Å². The molecule has 0 aliphatic carbocycles. The molecule has 0 unspecified atom stereocenters. The van der Waals surface area contributed by atoms with E-state index < -0.39 is 12.8 Å². The highest BCUT2D eigenvalue weighted by atomic mass is 127. The van der Waals surface area contributed by atoms with Crippen LogP contribution in [0.25, 0.3) is 0 Å². The number of hydrogen-bond donors (Lipinski definition) is 2. The average Bonchev–Trinajstić information content (AvgIpc) is 3.05. The topological polar surface area (TPSA) is 63.5 Å². The Morgan fingerprint density at radius 1 is 1.21 bits per heavy atom. The van der Waals surface area contributed by atoms with E-state index in [0.717, 1.165) is 30.6 Å². The van der Waals surface area contributed by atoms with Crippen molar-refractivity contribution in [3.63, 3.8) is 0 Å². The van der Waals surface area contributed by atoms with Gasteiger partial charge in [0.25, 0.3) is 0 Å². The molecule has 0 spiro atoms. The maximum Gasteiger partial charge on any atom is 0.422 e. The van der Waals surface area contributed by atoms with Crippen molar-refractivity contribution >= 4 is 29.9 Å². The number of benzene rings is 1. The molecule has 1 aromatic heterocycles. The van der Waals surface area contributed by atoms with Gasteiger partial charge in [0.15, 0.2) is 12.6 Å². The smallest absolute Gasteiger partial charge is 0.422 e. The number of aryl methyl sites for hydroxylation is 2. The van der Waals surface area contributed by atoms with Gasteiger partial charge in [-0.2, -0.15) is 18.3 Å². The Kier molecular flexibility index (Phi) is 10.1. The molecule has 0 amide bonds. The van der Waals surface area contributed by atoms with Crippen LogP contribution in [-0.4, -0.2) is 42.1 Å². The highest BCUT2D eigenvalue weighted by Gasteiger charge is 2.28. The third-order valence-electron chi connectivity index (χ3n) is 3.63. The van der Waals surface area contributed by atoms with Crippen LogP contribution >= 0.6 is 24.0 Å². The Balaban J connectivity index is 0.00000392. The molecule has 1 heterocycles. The number of guanidine groups is 1. The molecule has 0 bridgehead atoms. The van der Waals surface area contributed by atoms with Crippen LogP contribution in [0, 0.1) is 6.92 Å². The van der Waals surface area contributed by atoms with E-state index in [0.29, 0.717) is 12.5 Å². The van der Waals surface area contributed by atoms with E-state index in [2.05, 4.69) is 25.5 Å². The van der Waals surface area contributed by atoms with Crippen molar-refractivity contribution in [1.29, 1.82) is 0 Å². The quantitative estimate of drug-likeness (QED) is 0.247. The molecule has 156 valence electrons. The minimum atomic E-state index is -4.34. The predicted octanol–water partition coefficient (Wildman–Crippen LogP) is 3.51. The highest BCUT2D eigenvalue weighted by Crippen LogP contribution is 2.18. The second kappa shape index (κ2) is 11.8. The fourth-order valence-electron chi connectivity index (χ4n) is 2.31. The summed E-state index contributed by atoms with van der Waals surface area (Å²) in [6, 6.07) is 6.47. The summed E-state index contributed by atoms with van der Waals surface area (Å²) in [7, 11) is 1.68. The molecular formula is C18H25F3IN5O. The molecule has 0 aliphatic heterocycles. The predicted molar refractivity (Wildman–Crippen MR) is 113 cm³/mol. The number of halogens is 4. The molecule has 2 aromatic rings. The number of alkyl halides is 3. The molecule has 1 aromatic carbocycles. The minimum absolute atomic E-state index is 0. The third kappa shape index (κ3) is 9.29. The second-order valence-corrected chi connectivity index (χ2v) is 6.03. The summed E-state index contributed by atoms with van der Waals surface area (Å²) in [4.78, 5) is 4.15. The number of rotatable bonds is 8. The van der Waals surface area contributed by atoms with Gasteiger partial charge in [-0.05, 0) is 36.6 Å². The molecule has 10 heteroatoms. The molecule has 0 atom stereocenters. The van der Waals surface area contributed by atoms with Gasteiger partial charge in [0, 0.05) is 32.9 Å². The van der Waals surface area contributed by atoms with Gasteiger partial charge in [0.05, 0.1) is 6.20 Å². The van der Waals surface area contributed by atoms with Crippen LogP contribution in [0.15, 0.2) is 41.7 Å². The van der Waals surface area contributed by atoms with E-state index in [1.54, 1.807) is 19.2 Å². The Bertz CT molecular complexity index is 732. The Labute approximate surface area is 179 Å². The van der Waals surface area contributed by atoms with Crippen LogP contribution < -0.4 is 15.4 Å². The van der Waals surface area contributed by atoms with Crippen molar-refractivity contribution in [1.82, 2.24) is 20.4 Å². The summed E-state index contributed by atoms with van der Waals surface area (Å²) in [6.07, 6.45) is 0.379. The summed E-state index contributed by atoms with van der Waals surface area (Å²) in [5.74, 6) is 0.844. The summed E-state index contributed by atoms with van der Waals surface area (Å²) in [5.41, 5.74) is 2.04. The number of hydrogen-bond acceptors (Lipinski definition) is 3. The molecule has 0 saturated carbocycles. The number of nitrogens with one attached hydrogen (secondary N) is 2. The van der Waals surface area contributed by atoms with Gasteiger partial charge in [-0.25, -0.2) is 0 Å². The van der Waals surface area contributed by atoms with Crippen LogP contribution in [0.3, 0.4) is 0 Å². The Morgan fingerprint density at radius 3 is 2.50 bits per heavy atom. The van der Waals surface area contributed by atoms with E-state index >= 15 is 0 Å². The lowest BCUT2D eigenvalue weighted by molar-refractivity contribution is -0.153. The molecule has 0 aliphatic rings. The van der Waals surface area contributed by atoms with E-state index in [-0.39, 0.29) is 29.7 Å². The molecule has 2 N–H and O–H groups in total. The Morgan fingerprint density at radius 2 is 1.93 bits per heavy atom. The van der Waals surface area contributed by atoms with Gasteiger partial charge in [0.2, 0.25) is 0 Å². The number of aromatic nitrogens is 2. The highest BCUT2D eigenvalue weighted by molar-refractivity contribution is 14.0. The minimum Gasteiger partial charge on any atom is -0.484 e. The van der Waals surface area contributed by atoms with Crippen molar-refractivity contribution in [2.24, 2.45) is 4.99 Å². The summed E-state index contributed by atoms with van der Waals surface area (Å²) in [6.45, 7) is 2.76.